The molecule has 4 heteroatoms. The van der Waals surface area contributed by atoms with Crippen LogP contribution in [-0.4, -0.2) is 6.21 Å². The van der Waals surface area contributed by atoms with Gasteiger partial charge >= 0.3 is 0 Å². The van der Waals surface area contributed by atoms with Crippen molar-refractivity contribution >= 4 is 35.4 Å². The first kappa shape index (κ1) is 25.3. The van der Waals surface area contributed by atoms with Gasteiger partial charge in [-0.15, -0.1) is 0 Å². The first-order valence-electron chi connectivity index (χ1n) is 12.6. The van der Waals surface area contributed by atoms with E-state index in [1.165, 1.54) is 6.21 Å². The summed E-state index contributed by atoms with van der Waals surface area (Å²) in [6.07, 6.45) is 4.96. The zero-order valence-corrected chi connectivity index (χ0v) is 21.5. The fourth-order valence-corrected chi connectivity index (χ4v) is 4.11. The van der Waals surface area contributed by atoms with E-state index < -0.39 is 0 Å². The molecular weight excluding hydrogens is 480 g/mol. The van der Waals surface area contributed by atoms with Crippen LogP contribution in [0.4, 0.5) is 17.1 Å². The lowest BCUT2D eigenvalue weighted by Gasteiger charge is -2.26. The van der Waals surface area contributed by atoms with Gasteiger partial charge in [0.05, 0.1) is 0 Å². The van der Waals surface area contributed by atoms with Crippen LogP contribution in [0, 0.1) is 5.41 Å². The Morgan fingerprint density at radius 3 is 1.03 bits per heavy atom. The predicted molar refractivity (Wildman–Crippen MR) is 162 cm³/mol. The standard InChI is InChI=1S/C35H28N2O2/c1-3-26-7-17-32(18-8-26)38-34-21-13-30(14-22-34)37(29-11-5-28(25-36)6-12-29)31-15-23-35(24-16-31)39-33-19-9-27(4-2)10-20-33/h3-25,36H,1-2H2. The SMILES string of the molecule is C=Cc1ccc(Oc2ccc(N(c3ccc(C=N)cc3)c3ccc(Oc4ccc(C=C)cc4)cc3)cc2)cc1. The predicted octanol–water partition coefficient (Wildman–Crippen LogP) is 10.0. The summed E-state index contributed by atoms with van der Waals surface area (Å²) in [5, 5.41) is 7.55. The van der Waals surface area contributed by atoms with E-state index in [9.17, 15) is 0 Å². The first-order valence-corrected chi connectivity index (χ1v) is 12.6. The summed E-state index contributed by atoms with van der Waals surface area (Å²) in [5.74, 6) is 3.02. The van der Waals surface area contributed by atoms with Crippen LogP contribution in [0.2, 0.25) is 0 Å². The highest BCUT2D eigenvalue weighted by atomic mass is 16.5. The van der Waals surface area contributed by atoms with E-state index in [0.717, 1.165) is 56.8 Å². The van der Waals surface area contributed by atoms with Gasteiger partial charge < -0.3 is 19.8 Å². The molecule has 1 N–H and O–H groups in total. The van der Waals surface area contributed by atoms with E-state index in [-0.39, 0.29) is 0 Å². The average Bonchev–Trinajstić information content (AvgIpc) is 3.00. The molecule has 0 unspecified atom stereocenters. The number of nitrogens with zero attached hydrogens (tertiary/aromatic N) is 1. The number of anilines is 3. The number of benzene rings is 5. The molecule has 0 aliphatic rings. The average molecular weight is 509 g/mol. The van der Waals surface area contributed by atoms with Crippen molar-refractivity contribution in [3.05, 3.63) is 151 Å². The molecule has 5 rings (SSSR count). The molecule has 0 radical (unpaired) electrons. The largest absolute Gasteiger partial charge is 0.457 e. The van der Waals surface area contributed by atoms with Gasteiger partial charge in [-0.1, -0.05) is 61.7 Å². The monoisotopic (exact) mass is 508 g/mol. The Hall–Kier alpha value is -5.35. The molecule has 0 aliphatic heterocycles. The zero-order valence-electron chi connectivity index (χ0n) is 21.5. The van der Waals surface area contributed by atoms with Crippen molar-refractivity contribution in [3.63, 3.8) is 0 Å². The number of nitrogens with one attached hydrogen (secondary N) is 1. The summed E-state index contributed by atoms with van der Waals surface area (Å²) in [5.41, 5.74) is 5.86. The molecule has 0 saturated heterocycles. The lowest BCUT2D eigenvalue weighted by molar-refractivity contribution is 0.482. The van der Waals surface area contributed by atoms with E-state index in [1.54, 1.807) is 12.2 Å². The summed E-state index contributed by atoms with van der Waals surface area (Å²) in [6, 6.07) is 39.5. The number of hydrogen-bond donors (Lipinski definition) is 1. The lowest BCUT2D eigenvalue weighted by atomic mass is 10.1. The Bertz CT molecular complexity index is 1460. The Kier molecular flexibility index (Phi) is 7.66. The molecule has 0 amide bonds. The summed E-state index contributed by atoms with van der Waals surface area (Å²) in [6.45, 7) is 7.59. The fourth-order valence-electron chi connectivity index (χ4n) is 4.11. The highest BCUT2D eigenvalue weighted by molar-refractivity contribution is 5.81. The number of ether oxygens (including phenoxy) is 2. The summed E-state index contributed by atoms with van der Waals surface area (Å²) in [4.78, 5) is 2.15. The normalized spacial score (nSPS) is 10.4. The second-order valence-corrected chi connectivity index (χ2v) is 8.81. The smallest absolute Gasteiger partial charge is 0.127 e. The Labute approximate surface area is 229 Å². The van der Waals surface area contributed by atoms with Gasteiger partial charge in [-0.3, -0.25) is 0 Å². The van der Waals surface area contributed by atoms with Crippen LogP contribution < -0.4 is 14.4 Å². The molecule has 5 aromatic rings. The maximum absolute atomic E-state index is 7.55. The van der Waals surface area contributed by atoms with Gasteiger partial charge in [0.25, 0.3) is 0 Å². The van der Waals surface area contributed by atoms with Crippen molar-refractivity contribution < 1.29 is 9.47 Å². The third kappa shape index (κ3) is 6.14. The molecular formula is C35H28N2O2. The first-order chi connectivity index (χ1) is 19.1. The van der Waals surface area contributed by atoms with E-state index in [1.807, 2.05) is 121 Å². The van der Waals surface area contributed by atoms with Gasteiger partial charge in [-0.2, -0.15) is 0 Å². The van der Waals surface area contributed by atoms with E-state index in [0.29, 0.717) is 0 Å². The molecule has 39 heavy (non-hydrogen) atoms. The highest BCUT2D eigenvalue weighted by Gasteiger charge is 2.13. The second kappa shape index (κ2) is 11.8. The van der Waals surface area contributed by atoms with Crippen LogP contribution in [0.1, 0.15) is 16.7 Å². The molecule has 0 fully saturated rings. The lowest BCUT2D eigenvalue weighted by Crippen LogP contribution is -2.09. The number of hydrogen-bond acceptors (Lipinski definition) is 4. The number of rotatable bonds is 10. The van der Waals surface area contributed by atoms with Gasteiger partial charge in [0.1, 0.15) is 23.0 Å². The van der Waals surface area contributed by atoms with E-state index in [4.69, 9.17) is 14.9 Å². The zero-order chi connectivity index (χ0) is 27.0. The van der Waals surface area contributed by atoms with Crippen LogP contribution in [0.25, 0.3) is 12.2 Å². The summed E-state index contributed by atoms with van der Waals surface area (Å²) in [7, 11) is 0. The van der Waals surface area contributed by atoms with Crippen LogP contribution >= 0.6 is 0 Å². The van der Waals surface area contributed by atoms with Crippen LogP contribution in [0.3, 0.4) is 0 Å². The molecule has 190 valence electrons. The van der Waals surface area contributed by atoms with E-state index in [2.05, 4.69) is 18.1 Å². The minimum atomic E-state index is 0.746. The second-order valence-electron chi connectivity index (χ2n) is 8.81. The van der Waals surface area contributed by atoms with Crippen molar-refractivity contribution in [1.82, 2.24) is 0 Å². The Morgan fingerprint density at radius 2 is 0.718 bits per heavy atom. The highest BCUT2D eigenvalue weighted by Crippen LogP contribution is 2.37. The van der Waals surface area contributed by atoms with Crippen LogP contribution in [-0.2, 0) is 0 Å². The van der Waals surface area contributed by atoms with Gasteiger partial charge in [-0.05, 0) is 102 Å². The fraction of sp³-hybridized carbons (Fsp3) is 0. The molecule has 4 nitrogen and oxygen atoms in total. The minimum Gasteiger partial charge on any atom is -0.457 e. The van der Waals surface area contributed by atoms with Crippen molar-refractivity contribution in [2.45, 2.75) is 0 Å². The topological polar surface area (TPSA) is 45.5 Å². The van der Waals surface area contributed by atoms with Gasteiger partial charge in [0.15, 0.2) is 0 Å². The molecule has 0 spiro atoms. The van der Waals surface area contributed by atoms with Gasteiger partial charge in [0.2, 0.25) is 0 Å². The van der Waals surface area contributed by atoms with Crippen molar-refractivity contribution in [1.29, 1.82) is 5.41 Å². The molecule has 0 heterocycles. The molecule has 0 saturated carbocycles. The maximum Gasteiger partial charge on any atom is 0.127 e. The molecule has 5 aromatic carbocycles. The van der Waals surface area contributed by atoms with Crippen LogP contribution in [0.15, 0.2) is 134 Å². The third-order valence-electron chi connectivity index (χ3n) is 6.21. The minimum absolute atomic E-state index is 0.746. The van der Waals surface area contributed by atoms with Crippen molar-refractivity contribution in [2.75, 3.05) is 4.90 Å². The van der Waals surface area contributed by atoms with Gasteiger partial charge in [0, 0.05) is 23.3 Å². The van der Waals surface area contributed by atoms with Crippen molar-refractivity contribution in [3.8, 4) is 23.0 Å². The Morgan fingerprint density at radius 1 is 0.436 bits per heavy atom. The molecule has 0 aromatic heterocycles. The van der Waals surface area contributed by atoms with Gasteiger partial charge in [-0.25, -0.2) is 0 Å². The quantitative estimate of drug-likeness (QED) is 0.191. The molecule has 0 bridgehead atoms. The van der Waals surface area contributed by atoms with E-state index >= 15 is 0 Å². The summed E-state index contributed by atoms with van der Waals surface area (Å²) >= 11 is 0. The molecule has 0 aliphatic carbocycles. The van der Waals surface area contributed by atoms with Crippen LogP contribution in [0.5, 0.6) is 23.0 Å². The molecule has 0 atom stereocenters. The van der Waals surface area contributed by atoms with Crippen molar-refractivity contribution in [2.24, 2.45) is 0 Å². The maximum atomic E-state index is 7.55. The Balaban J connectivity index is 1.41. The summed E-state index contributed by atoms with van der Waals surface area (Å²) < 4.78 is 12.1. The third-order valence-corrected chi connectivity index (χ3v) is 6.21.